The highest BCUT2D eigenvalue weighted by atomic mass is 16.5. The molecule has 0 radical (unpaired) electrons. The SMILES string of the molecule is CCC(CO)(CO)NC(C)Cc1ccccc1OC. The van der Waals surface area contributed by atoms with Gasteiger partial charge in [0.1, 0.15) is 5.75 Å². The third kappa shape index (κ3) is 4.20. The highest BCUT2D eigenvalue weighted by molar-refractivity contribution is 5.33. The molecule has 108 valence electrons. The van der Waals surface area contributed by atoms with E-state index in [0.717, 1.165) is 17.7 Å². The molecule has 4 nitrogen and oxygen atoms in total. The van der Waals surface area contributed by atoms with E-state index in [9.17, 15) is 10.2 Å². The summed E-state index contributed by atoms with van der Waals surface area (Å²) in [5, 5.41) is 22.2. The fourth-order valence-corrected chi connectivity index (χ4v) is 2.24. The zero-order valence-electron chi connectivity index (χ0n) is 12.0. The van der Waals surface area contributed by atoms with Crippen molar-refractivity contribution in [3.8, 4) is 5.75 Å². The standard InChI is InChI=1S/C15H25NO3/c1-4-15(10-17,11-18)16-12(2)9-13-7-5-6-8-14(13)19-3/h5-8,12,16-18H,4,9-11H2,1-3H3. The van der Waals surface area contributed by atoms with E-state index in [1.165, 1.54) is 0 Å². The fraction of sp³-hybridized carbons (Fsp3) is 0.600. The van der Waals surface area contributed by atoms with Crippen LogP contribution in [0.3, 0.4) is 0 Å². The first kappa shape index (κ1) is 16.0. The lowest BCUT2D eigenvalue weighted by atomic mass is 9.95. The van der Waals surface area contributed by atoms with E-state index in [2.05, 4.69) is 5.32 Å². The average molecular weight is 267 g/mol. The molecule has 0 saturated carbocycles. The summed E-state index contributed by atoms with van der Waals surface area (Å²) in [5.74, 6) is 0.867. The molecule has 1 aromatic carbocycles. The first-order valence-corrected chi connectivity index (χ1v) is 6.72. The monoisotopic (exact) mass is 267 g/mol. The number of aliphatic hydroxyl groups is 2. The van der Waals surface area contributed by atoms with Gasteiger partial charge in [-0.15, -0.1) is 0 Å². The van der Waals surface area contributed by atoms with Crippen molar-refractivity contribution in [2.45, 2.75) is 38.3 Å². The molecule has 1 rings (SSSR count). The largest absolute Gasteiger partial charge is 0.496 e. The molecule has 1 unspecified atom stereocenters. The number of para-hydroxylation sites is 1. The molecule has 1 atom stereocenters. The smallest absolute Gasteiger partial charge is 0.122 e. The Morgan fingerprint density at radius 1 is 1.26 bits per heavy atom. The lowest BCUT2D eigenvalue weighted by Crippen LogP contribution is -2.55. The quantitative estimate of drug-likeness (QED) is 0.665. The zero-order valence-corrected chi connectivity index (χ0v) is 12.0. The summed E-state index contributed by atoms with van der Waals surface area (Å²) >= 11 is 0. The van der Waals surface area contributed by atoms with Crippen molar-refractivity contribution in [1.82, 2.24) is 5.32 Å². The lowest BCUT2D eigenvalue weighted by Gasteiger charge is -2.33. The number of aliphatic hydroxyl groups excluding tert-OH is 2. The van der Waals surface area contributed by atoms with Crippen LogP contribution in [0.2, 0.25) is 0 Å². The van der Waals surface area contributed by atoms with Gasteiger partial charge in [0, 0.05) is 6.04 Å². The van der Waals surface area contributed by atoms with Crippen molar-refractivity contribution >= 4 is 0 Å². The van der Waals surface area contributed by atoms with Crippen molar-refractivity contribution in [2.24, 2.45) is 0 Å². The first-order valence-electron chi connectivity index (χ1n) is 6.72. The minimum absolute atomic E-state index is 0.0732. The highest BCUT2D eigenvalue weighted by Gasteiger charge is 2.28. The molecule has 0 saturated heterocycles. The molecule has 0 amide bonds. The van der Waals surface area contributed by atoms with Crippen LogP contribution in [0, 0.1) is 0 Å². The van der Waals surface area contributed by atoms with Gasteiger partial charge in [-0.3, -0.25) is 0 Å². The van der Waals surface area contributed by atoms with E-state index >= 15 is 0 Å². The second kappa shape index (κ2) is 7.48. The molecule has 0 aliphatic heterocycles. The number of ether oxygens (including phenoxy) is 1. The second-order valence-corrected chi connectivity index (χ2v) is 5.01. The van der Waals surface area contributed by atoms with E-state index < -0.39 is 5.54 Å². The fourth-order valence-electron chi connectivity index (χ4n) is 2.24. The number of benzene rings is 1. The van der Waals surface area contributed by atoms with Gasteiger partial charge in [0.2, 0.25) is 0 Å². The van der Waals surface area contributed by atoms with Gasteiger partial charge in [0.05, 0.1) is 25.9 Å². The van der Waals surface area contributed by atoms with Gasteiger partial charge in [-0.2, -0.15) is 0 Å². The normalized spacial score (nSPS) is 13.3. The molecule has 0 fully saturated rings. The van der Waals surface area contributed by atoms with Gasteiger partial charge in [-0.05, 0) is 31.4 Å². The molecular formula is C15H25NO3. The minimum Gasteiger partial charge on any atom is -0.496 e. The minimum atomic E-state index is -0.610. The average Bonchev–Trinajstić information content (AvgIpc) is 2.45. The van der Waals surface area contributed by atoms with Gasteiger partial charge >= 0.3 is 0 Å². The molecule has 3 N–H and O–H groups in total. The first-order chi connectivity index (χ1) is 9.10. The molecule has 0 aliphatic rings. The Hall–Kier alpha value is -1.10. The molecule has 0 aliphatic carbocycles. The topological polar surface area (TPSA) is 61.7 Å². The van der Waals surface area contributed by atoms with Crippen LogP contribution in [-0.4, -0.2) is 42.1 Å². The Morgan fingerprint density at radius 2 is 1.89 bits per heavy atom. The van der Waals surface area contributed by atoms with Gasteiger partial charge in [-0.1, -0.05) is 25.1 Å². The van der Waals surface area contributed by atoms with Crippen molar-refractivity contribution in [2.75, 3.05) is 20.3 Å². The summed E-state index contributed by atoms with van der Waals surface area (Å²) in [7, 11) is 1.66. The Morgan fingerprint density at radius 3 is 2.42 bits per heavy atom. The maximum Gasteiger partial charge on any atom is 0.122 e. The van der Waals surface area contributed by atoms with Crippen LogP contribution in [0.4, 0.5) is 0 Å². The zero-order chi connectivity index (χ0) is 14.3. The van der Waals surface area contributed by atoms with E-state index in [1.54, 1.807) is 7.11 Å². The van der Waals surface area contributed by atoms with E-state index in [1.807, 2.05) is 38.1 Å². The maximum atomic E-state index is 9.45. The van der Waals surface area contributed by atoms with E-state index in [0.29, 0.717) is 6.42 Å². The summed E-state index contributed by atoms with van der Waals surface area (Å²) in [5.41, 5.74) is 0.507. The predicted molar refractivity (Wildman–Crippen MR) is 76.5 cm³/mol. The van der Waals surface area contributed by atoms with Crippen LogP contribution >= 0.6 is 0 Å². The number of hydrogen-bond donors (Lipinski definition) is 3. The second-order valence-electron chi connectivity index (χ2n) is 5.01. The summed E-state index contributed by atoms with van der Waals surface area (Å²) < 4.78 is 5.33. The molecule has 19 heavy (non-hydrogen) atoms. The Bertz CT molecular complexity index is 369. The van der Waals surface area contributed by atoms with Gasteiger partial charge in [0.25, 0.3) is 0 Å². The molecule has 0 heterocycles. The third-order valence-electron chi connectivity index (χ3n) is 3.55. The van der Waals surface area contributed by atoms with E-state index in [4.69, 9.17) is 4.74 Å². The van der Waals surface area contributed by atoms with Crippen molar-refractivity contribution in [3.63, 3.8) is 0 Å². The van der Waals surface area contributed by atoms with Gasteiger partial charge in [-0.25, -0.2) is 0 Å². The molecule has 0 bridgehead atoms. The van der Waals surface area contributed by atoms with Crippen LogP contribution in [0.5, 0.6) is 5.75 Å². The van der Waals surface area contributed by atoms with Crippen molar-refractivity contribution in [1.29, 1.82) is 0 Å². The number of nitrogens with one attached hydrogen (secondary N) is 1. The van der Waals surface area contributed by atoms with Crippen LogP contribution in [0.15, 0.2) is 24.3 Å². The Kier molecular flexibility index (Phi) is 6.28. The number of hydrogen-bond acceptors (Lipinski definition) is 4. The van der Waals surface area contributed by atoms with Gasteiger partial charge in [0.15, 0.2) is 0 Å². The molecule has 0 spiro atoms. The van der Waals surface area contributed by atoms with Crippen LogP contribution in [0.25, 0.3) is 0 Å². The van der Waals surface area contributed by atoms with Gasteiger partial charge < -0.3 is 20.3 Å². The summed E-state index contributed by atoms with van der Waals surface area (Å²) in [6, 6.07) is 8.03. The van der Waals surface area contributed by atoms with Crippen LogP contribution in [-0.2, 0) is 6.42 Å². The Labute approximate surface area is 115 Å². The lowest BCUT2D eigenvalue weighted by molar-refractivity contribution is 0.0792. The van der Waals surface area contributed by atoms with Crippen LogP contribution in [0.1, 0.15) is 25.8 Å². The predicted octanol–water partition coefficient (Wildman–Crippen LogP) is 1.35. The maximum absolute atomic E-state index is 9.45. The molecular weight excluding hydrogens is 242 g/mol. The van der Waals surface area contributed by atoms with Crippen molar-refractivity contribution in [3.05, 3.63) is 29.8 Å². The number of rotatable bonds is 8. The number of methoxy groups -OCH3 is 1. The highest BCUT2D eigenvalue weighted by Crippen LogP contribution is 2.20. The third-order valence-corrected chi connectivity index (χ3v) is 3.55. The van der Waals surface area contributed by atoms with Crippen LogP contribution < -0.4 is 10.1 Å². The molecule has 0 aromatic heterocycles. The summed E-state index contributed by atoms with van der Waals surface area (Å²) in [6.07, 6.45) is 1.46. The molecule has 1 aromatic rings. The van der Waals surface area contributed by atoms with E-state index in [-0.39, 0.29) is 19.3 Å². The Balaban J connectivity index is 2.71. The molecule has 4 heteroatoms. The summed E-state index contributed by atoms with van der Waals surface area (Å²) in [4.78, 5) is 0. The summed E-state index contributed by atoms with van der Waals surface area (Å²) in [6.45, 7) is 3.85. The van der Waals surface area contributed by atoms with Crippen molar-refractivity contribution < 1.29 is 14.9 Å².